The van der Waals surface area contributed by atoms with Crippen LogP contribution in [0.3, 0.4) is 0 Å². The van der Waals surface area contributed by atoms with Crippen molar-refractivity contribution in [2.45, 2.75) is 65.3 Å². The van der Waals surface area contributed by atoms with E-state index in [0.717, 1.165) is 31.6 Å². The molecule has 0 saturated heterocycles. The van der Waals surface area contributed by atoms with Crippen LogP contribution >= 0.6 is 12.4 Å². The van der Waals surface area contributed by atoms with Crippen molar-refractivity contribution in [2.24, 2.45) is 17.1 Å². The second-order valence-electron chi connectivity index (χ2n) is 5.62. The lowest BCUT2D eigenvalue weighted by Crippen LogP contribution is -2.49. The maximum Gasteiger partial charge on any atom is 0.227 e. The highest BCUT2D eigenvalue weighted by Gasteiger charge is 2.34. The first-order valence-electron chi connectivity index (χ1n) is 7.09. The maximum absolute atomic E-state index is 12.3. The molecule has 0 aromatic carbocycles. The van der Waals surface area contributed by atoms with Crippen LogP contribution in [0.5, 0.6) is 0 Å². The van der Waals surface area contributed by atoms with Gasteiger partial charge in [0, 0.05) is 12.6 Å². The second-order valence-corrected chi connectivity index (χ2v) is 5.62. The molecule has 0 radical (unpaired) electrons. The Bertz CT molecular complexity index is 238. The minimum absolute atomic E-state index is 0. The number of carbonyl (C=O) groups excluding carboxylic acids is 1. The summed E-state index contributed by atoms with van der Waals surface area (Å²) in [6, 6.07) is 0.378. The number of rotatable bonds is 5. The molecular weight excluding hydrogens is 248 g/mol. The van der Waals surface area contributed by atoms with Crippen LogP contribution in [-0.4, -0.2) is 18.5 Å². The Hall–Kier alpha value is -0.280. The molecule has 1 aliphatic rings. The first-order valence-corrected chi connectivity index (χ1v) is 7.09. The van der Waals surface area contributed by atoms with Gasteiger partial charge in [0.1, 0.15) is 0 Å². The molecule has 1 saturated carbocycles. The van der Waals surface area contributed by atoms with Gasteiger partial charge >= 0.3 is 0 Å². The molecule has 0 heterocycles. The lowest BCUT2D eigenvalue weighted by molar-refractivity contribution is -0.132. The molecule has 108 valence electrons. The van der Waals surface area contributed by atoms with E-state index in [9.17, 15) is 4.79 Å². The smallest absolute Gasteiger partial charge is 0.227 e. The van der Waals surface area contributed by atoms with Gasteiger partial charge in [0.15, 0.2) is 0 Å². The van der Waals surface area contributed by atoms with E-state index in [1.807, 2.05) is 0 Å². The topological polar surface area (TPSA) is 55.1 Å². The zero-order chi connectivity index (χ0) is 12.9. The minimum Gasteiger partial charge on any atom is -0.353 e. The summed E-state index contributed by atoms with van der Waals surface area (Å²) in [6.07, 6.45) is 6.38. The van der Waals surface area contributed by atoms with Crippen molar-refractivity contribution in [2.75, 3.05) is 6.54 Å². The second kappa shape index (κ2) is 8.00. The van der Waals surface area contributed by atoms with Crippen LogP contribution in [0.1, 0.15) is 59.3 Å². The molecule has 3 nitrogen and oxygen atoms in total. The fraction of sp³-hybridized carbons (Fsp3) is 0.929. The molecule has 0 spiro atoms. The van der Waals surface area contributed by atoms with Crippen LogP contribution in [0, 0.1) is 11.3 Å². The first-order chi connectivity index (χ1) is 8.07. The highest BCUT2D eigenvalue weighted by molar-refractivity contribution is 5.85. The van der Waals surface area contributed by atoms with Crippen LogP contribution in [-0.2, 0) is 4.79 Å². The molecule has 0 aromatic rings. The summed E-state index contributed by atoms with van der Waals surface area (Å²) < 4.78 is 0. The third-order valence-corrected chi connectivity index (χ3v) is 4.58. The third-order valence-electron chi connectivity index (χ3n) is 4.58. The quantitative estimate of drug-likeness (QED) is 0.811. The third kappa shape index (κ3) is 4.13. The molecule has 18 heavy (non-hydrogen) atoms. The lowest BCUT2D eigenvalue weighted by atomic mass is 9.80. The van der Waals surface area contributed by atoms with Crippen molar-refractivity contribution in [1.29, 1.82) is 0 Å². The van der Waals surface area contributed by atoms with Crippen LogP contribution in [0.25, 0.3) is 0 Å². The first kappa shape index (κ1) is 17.7. The zero-order valence-corrected chi connectivity index (χ0v) is 12.8. The van der Waals surface area contributed by atoms with Gasteiger partial charge in [-0.25, -0.2) is 0 Å². The van der Waals surface area contributed by atoms with Gasteiger partial charge < -0.3 is 11.1 Å². The average Bonchev–Trinajstić information content (AvgIpc) is 2.35. The molecule has 4 heteroatoms. The zero-order valence-electron chi connectivity index (χ0n) is 12.0. The number of hydrogen-bond acceptors (Lipinski definition) is 2. The van der Waals surface area contributed by atoms with Gasteiger partial charge in [0.25, 0.3) is 0 Å². The molecule has 1 aliphatic carbocycles. The summed E-state index contributed by atoms with van der Waals surface area (Å²) in [5, 5.41) is 3.21. The molecule has 0 aliphatic heterocycles. The maximum atomic E-state index is 12.3. The van der Waals surface area contributed by atoms with Crippen molar-refractivity contribution in [3.8, 4) is 0 Å². The number of halogens is 1. The Morgan fingerprint density at radius 3 is 2.11 bits per heavy atom. The van der Waals surface area contributed by atoms with Gasteiger partial charge in [0.2, 0.25) is 5.91 Å². The normalized spacial score (nSPS) is 24.2. The molecule has 0 atom stereocenters. The Balaban J connectivity index is 0.00000289. The molecule has 0 aromatic heterocycles. The van der Waals surface area contributed by atoms with E-state index in [2.05, 4.69) is 26.1 Å². The van der Waals surface area contributed by atoms with E-state index in [0.29, 0.717) is 12.6 Å². The van der Waals surface area contributed by atoms with E-state index in [1.165, 1.54) is 12.8 Å². The fourth-order valence-corrected chi connectivity index (χ4v) is 2.70. The summed E-state index contributed by atoms with van der Waals surface area (Å²) in [7, 11) is 0. The van der Waals surface area contributed by atoms with Crippen LogP contribution in [0.2, 0.25) is 0 Å². The Morgan fingerprint density at radius 2 is 1.72 bits per heavy atom. The molecule has 3 N–H and O–H groups in total. The summed E-state index contributed by atoms with van der Waals surface area (Å²) in [5.74, 6) is 0.990. The summed E-state index contributed by atoms with van der Waals surface area (Å²) >= 11 is 0. The van der Waals surface area contributed by atoms with Gasteiger partial charge in [-0.3, -0.25) is 4.79 Å². The highest BCUT2D eigenvalue weighted by atomic mass is 35.5. The number of nitrogens with two attached hydrogens (primary N) is 1. The van der Waals surface area contributed by atoms with Crippen molar-refractivity contribution in [3.63, 3.8) is 0 Å². The van der Waals surface area contributed by atoms with Gasteiger partial charge in [-0.2, -0.15) is 0 Å². The lowest BCUT2D eigenvalue weighted by Gasteiger charge is -2.33. The monoisotopic (exact) mass is 276 g/mol. The largest absolute Gasteiger partial charge is 0.353 e. The van der Waals surface area contributed by atoms with Crippen molar-refractivity contribution >= 4 is 18.3 Å². The number of amides is 1. The van der Waals surface area contributed by atoms with E-state index < -0.39 is 0 Å². The number of carbonyl (C=O) groups is 1. The Morgan fingerprint density at radius 1 is 1.22 bits per heavy atom. The van der Waals surface area contributed by atoms with Crippen molar-refractivity contribution in [3.05, 3.63) is 0 Å². The Labute approximate surface area is 118 Å². The van der Waals surface area contributed by atoms with Crippen LogP contribution < -0.4 is 11.1 Å². The SMILES string of the molecule is CCC(CC)(CN)C(=O)NC1CCC(C)CC1.Cl. The van der Waals surface area contributed by atoms with Gasteiger partial charge in [-0.05, 0) is 44.4 Å². The standard InChI is InChI=1S/C14H28N2O.ClH/c1-4-14(5-2,10-15)13(17)16-12-8-6-11(3)7-9-12;/h11-12H,4-10,15H2,1-3H3,(H,16,17);1H. The van der Waals surface area contributed by atoms with Crippen molar-refractivity contribution < 1.29 is 4.79 Å². The molecule has 1 amide bonds. The molecule has 1 rings (SSSR count). The summed E-state index contributed by atoms with van der Waals surface area (Å²) in [5.41, 5.74) is 5.45. The van der Waals surface area contributed by atoms with E-state index in [-0.39, 0.29) is 23.7 Å². The van der Waals surface area contributed by atoms with Crippen LogP contribution in [0.4, 0.5) is 0 Å². The van der Waals surface area contributed by atoms with E-state index >= 15 is 0 Å². The van der Waals surface area contributed by atoms with E-state index in [1.54, 1.807) is 0 Å². The van der Waals surface area contributed by atoms with E-state index in [4.69, 9.17) is 5.73 Å². The van der Waals surface area contributed by atoms with Crippen LogP contribution in [0.15, 0.2) is 0 Å². The molecule has 0 bridgehead atoms. The minimum atomic E-state index is -0.344. The molecule has 0 unspecified atom stereocenters. The Kier molecular flexibility index (Phi) is 7.88. The average molecular weight is 277 g/mol. The van der Waals surface area contributed by atoms with Gasteiger partial charge in [0.05, 0.1) is 5.41 Å². The number of nitrogens with one attached hydrogen (secondary N) is 1. The fourth-order valence-electron chi connectivity index (χ4n) is 2.70. The molecule has 1 fully saturated rings. The predicted octanol–water partition coefficient (Wildman–Crippen LogP) is 2.87. The highest BCUT2D eigenvalue weighted by Crippen LogP contribution is 2.28. The van der Waals surface area contributed by atoms with Crippen molar-refractivity contribution in [1.82, 2.24) is 5.32 Å². The van der Waals surface area contributed by atoms with Gasteiger partial charge in [-0.15, -0.1) is 12.4 Å². The summed E-state index contributed by atoms with van der Waals surface area (Å²) in [6.45, 7) is 6.85. The summed E-state index contributed by atoms with van der Waals surface area (Å²) in [4.78, 5) is 12.3. The van der Waals surface area contributed by atoms with Gasteiger partial charge in [-0.1, -0.05) is 20.8 Å². The number of hydrogen-bond donors (Lipinski definition) is 2. The predicted molar refractivity (Wildman–Crippen MR) is 78.9 cm³/mol. The molecular formula is C14H29ClN2O.